The zero-order valence-electron chi connectivity index (χ0n) is 14.9. The van der Waals surface area contributed by atoms with Gasteiger partial charge in [0.15, 0.2) is 5.96 Å². The largest absolute Gasteiger partial charge is 0.444 e. The van der Waals surface area contributed by atoms with E-state index in [0.29, 0.717) is 19.0 Å². The van der Waals surface area contributed by atoms with Gasteiger partial charge in [0, 0.05) is 25.8 Å². The van der Waals surface area contributed by atoms with Gasteiger partial charge in [-0.1, -0.05) is 17.7 Å². The van der Waals surface area contributed by atoms with Gasteiger partial charge in [-0.25, -0.2) is 4.98 Å². The van der Waals surface area contributed by atoms with Crippen molar-refractivity contribution in [1.29, 1.82) is 0 Å². The first-order valence-electron chi connectivity index (χ1n) is 8.78. The van der Waals surface area contributed by atoms with Crippen LogP contribution >= 0.6 is 0 Å². The zero-order chi connectivity index (χ0) is 17.5. The van der Waals surface area contributed by atoms with Gasteiger partial charge >= 0.3 is 0 Å². The summed E-state index contributed by atoms with van der Waals surface area (Å²) < 4.78 is 11.2. The molecular formula is C19H26N4O2. The highest BCUT2D eigenvalue weighted by molar-refractivity contribution is 5.79. The van der Waals surface area contributed by atoms with E-state index in [0.717, 1.165) is 36.3 Å². The van der Waals surface area contributed by atoms with Crippen molar-refractivity contribution in [3.05, 3.63) is 41.8 Å². The Morgan fingerprint density at radius 1 is 1.28 bits per heavy atom. The predicted octanol–water partition coefficient (Wildman–Crippen LogP) is 2.74. The average Bonchev–Trinajstić information content (AvgIpc) is 3.33. The molecule has 1 fully saturated rings. The Balaban J connectivity index is 1.41. The fourth-order valence-electron chi connectivity index (χ4n) is 2.39. The van der Waals surface area contributed by atoms with Crippen LogP contribution in [-0.4, -0.2) is 37.7 Å². The third-order valence-corrected chi connectivity index (χ3v) is 4.10. The highest BCUT2D eigenvalue weighted by Gasteiger charge is 2.20. The molecule has 134 valence electrons. The lowest BCUT2D eigenvalue weighted by Gasteiger charge is -2.10. The third-order valence-electron chi connectivity index (χ3n) is 4.10. The number of ether oxygens (including phenoxy) is 1. The van der Waals surface area contributed by atoms with E-state index < -0.39 is 0 Å². The molecule has 0 unspecified atom stereocenters. The van der Waals surface area contributed by atoms with E-state index in [9.17, 15) is 0 Å². The summed E-state index contributed by atoms with van der Waals surface area (Å²) in [6, 6.07) is 8.13. The van der Waals surface area contributed by atoms with E-state index in [2.05, 4.69) is 39.7 Å². The van der Waals surface area contributed by atoms with Gasteiger partial charge in [-0.05, 0) is 37.8 Å². The van der Waals surface area contributed by atoms with E-state index in [-0.39, 0.29) is 0 Å². The lowest BCUT2D eigenvalue weighted by Crippen LogP contribution is -2.38. The van der Waals surface area contributed by atoms with Crippen LogP contribution in [-0.2, 0) is 11.3 Å². The Kier molecular flexibility index (Phi) is 6.06. The topological polar surface area (TPSA) is 71.7 Å². The molecule has 6 heteroatoms. The van der Waals surface area contributed by atoms with Crippen molar-refractivity contribution in [2.45, 2.75) is 26.3 Å². The van der Waals surface area contributed by atoms with Crippen LogP contribution in [0.15, 0.2) is 39.9 Å². The Hall–Kier alpha value is -2.34. The molecule has 1 aromatic heterocycles. The standard InChI is InChI=1S/C19H26N4O2/c1-14-3-7-16(8-4-14)18-23-17(13-25-18)11-22-19(20-2)21-9-10-24-12-15-5-6-15/h3-4,7-8,13,15H,5-6,9-12H2,1-2H3,(H2,20,21,22). The first-order chi connectivity index (χ1) is 12.2. The third kappa shape index (κ3) is 5.60. The lowest BCUT2D eigenvalue weighted by atomic mass is 10.1. The van der Waals surface area contributed by atoms with E-state index in [4.69, 9.17) is 9.15 Å². The van der Waals surface area contributed by atoms with Gasteiger partial charge in [0.05, 0.1) is 18.8 Å². The SMILES string of the molecule is CN=C(NCCOCC1CC1)NCc1coc(-c2ccc(C)cc2)n1. The van der Waals surface area contributed by atoms with E-state index in [1.54, 1.807) is 13.3 Å². The van der Waals surface area contributed by atoms with Gasteiger partial charge in [-0.3, -0.25) is 4.99 Å². The van der Waals surface area contributed by atoms with Gasteiger partial charge in [0.1, 0.15) is 6.26 Å². The number of oxazole rings is 1. The second-order valence-electron chi connectivity index (χ2n) is 6.38. The molecule has 1 aromatic carbocycles. The van der Waals surface area contributed by atoms with Crippen molar-refractivity contribution >= 4 is 5.96 Å². The van der Waals surface area contributed by atoms with Gasteiger partial charge in [-0.15, -0.1) is 0 Å². The van der Waals surface area contributed by atoms with Crippen LogP contribution in [0.4, 0.5) is 0 Å². The average molecular weight is 342 g/mol. The summed E-state index contributed by atoms with van der Waals surface area (Å²) in [4.78, 5) is 8.72. The molecule has 1 aliphatic rings. The Bertz CT molecular complexity index is 690. The molecule has 2 N–H and O–H groups in total. The predicted molar refractivity (Wildman–Crippen MR) is 98.4 cm³/mol. The molecule has 2 aromatic rings. The van der Waals surface area contributed by atoms with Crippen molar-refractivity contribution in [2.75, 3.05) is 26.8 Å². The van der Waals surface area contributed by atoms with Gasteiger partial charge in [-0.2, -0.15) is 0 Å². The molecule has 3 rings (SSSR count). The number of hydrogen-bond acceptors (Lipinski definition) is 4. The van der Waals surface area contributed by atoms with Crippen molar-refractivity contribution in [3.8, 4) is 11.5 Å². The highest BCUT2D eigenvalue weighted by atomic mass is 16.5. The molecule has 1 aliphatic carbocycles. The normalized spacial score (nSPS) is 14.6. The van der Waals surface area contributed by atoms with Crippen LogP contribution < -0.4 is 10.6 Å². The number of benzene rings is 1. The van der Waals surface area contributed by atoms with Crippen LogP contribution in [0.3, 0.4) is 0 Å². The molecular weight excluding hydrogens is 316 g/mol. The second kappa shape index (κ2) is 8.67. The molecule has 0 aliphatic heterocycles. The molecule has 25 heavy (non-hydrogen) atoms. The minimum absolute atomic E-state index is 0.554. The smallest absolute Gasteiger partial charge is 0.226 e. The zero-order valence-corrected chi connectivity index (χ0v) is 14.9. The fraction of sp³-hybridized carbons (Fsp3) is 0.474. The van der Waals surface area contributed by atoms with Crippen LogP contribution in [0, 0.1) is 12.8 Å². The van der Waals surface area contributed by atoms with Crippen molar-refractivity contribution in [1.82, 2.24) is 15.6 Å². The number of aryl methyl sites for hydroxylation is 1. The van der Waals surface area contributed by atoms with E-state index >= 15 is 0 Å². The number of nitrogens with zero attached hydrogens (tertiary/aromatic N) is 2. The van der Waals surface area contributed by atoms with Crippen molar-refractivity contribution in [2.24, 2.45) is 10.9 Å². The van der Waals surface area contributed by atoms with Gasteiger partial charge in [0.2, 0.25) is 5.89 Å². The number of hydrogen-bond donors (Lipinski definition) is 2. The number of aromatic nitrogens is 1. The van der Waals surface area contributed by atoms with E-state index in [1.165, 1.54) is 18.4 Å². The van der Waals surface area contributed by atoms with Crippen LogP contribution in [0.2, 0.25) is 0 Å². The molecule has 6 nitrogen and oxygen atoms in total. The maximum absolute atomic E-state index is 5.60. The Labute approximate surface area is 148 Å². The summed E-state index contributed by atoms with van der Waals surface area (Å²) in [5.41, 5.74) is 3.03. The Morgan fingerprint density at radius 3 is 2.80 bits per heavy atom. The maximum atomic E-state index is 5.60. The molecule has 1 heterocycles. The molecule has 0 radical (unpaired) electrons. The number of nitrogens with one attached hydrogen (secondary N) is 2. The summed E-state index contributed by atoms with van der Waals surface area (Å²) in [6.07, 6.45) is 4.31. The molecule has 0 spiro atoms. The minimum Gasteiger partial charge on any atom is -0.444 e. The van der Waals surface area contributed by atoms with Gasteiger partial charge < -0.3 is 19.8 Å². The molecule has 0 saturated heterocycles. The maximum Gasteiger partial charge on any atom is 0.226 e. The highest BCUT2D eigenvalue weighted by Crippen LogP contribution is 2.28. The first kappa shape index (κ1) is 17.5. The number of guanidine groups is 1. The number of aliphatic imine (C=N–C) groups is 1. The summed E-state index contributed by atoms with van der Waals surface area (Å²) in [7, 11) is 1.75. The fourth-order valence-corrected chi connectivity index (χ4v) is 2.39. The van der Waals surface area contributed by atoms with Crippen LogP contribution in [0.1, 0.15) is 24.1 Å². The Morgan fingerprint density at radius 2 is 2.08 bits per heavy atom. The molecule has 0 amide bonds. The summed E-state index contributed by atoms with van der Waals surface area (Å²) in [5.74, 6) is 2.16. The van der Waals surface area contributed by atoms with Crippen molar-refractivity contribution < 1.29 is 9.15 Å². The molecule has 0 atom stereocenters. The quantitative estimate of drug-likeness (QED) is 0.438. The summed E-state index contributed by atoms with van der Waals surface area (Å²) in [6.45, 7) is 4.93. The summed E-state index contributed by atoms with van der Waals surface area (Å²) >= 11 is 0. The summed E-state index contributed by atoms with van der Waals surface area (Å²) in [5, 5.41) is 6.47. The van der Waals surface area contributed by atoms with E-state index in [1.807, 2.05) is 12.1 Å². The first-order valence-corrected chi connectivity index (χ1v) is 8.78. The number of rotatable bonds is 8. The molecule has 0 bridgehead atoms. The van der Waals surface area contributed by atoms with Crippen LogP contribution in [0.5, 0.6) is 0 Å². The van der Waals surface area contributed by atoms with Crippen molar-refractivity contribution in [3.63, 3.8) is 0 Å². The monoisotopic (exact) mass is 342 g/mol. The second-order valence-corrected chi connectivity index (χ2v) is 6.38. The van der Waals surface area contributed by atoms with Crippen LogP contribution in [0.25, 0.3) is 11.5 Å². The van der Waals surface area contributed by atoms with Gasteiger partial charge in [0.25, 0.3) is 0 Å². The minimum atomic E-state index is 0.554. The lowest BCUT2D eigenvalue weighted by molar-refractivity contribution is 0.129. The molecule has 1 saturated carbocycles.